The summed E-state index contributed by atoms with van der Waals surface area (Å²) in [6.07, 6.45) is 3.30. The summed E-state index contributed by atoms with van der Waals surface area (Å²) in [5, 5.41) is 7.07. The molecule has 0 saturated carbocycles. The molecule has 2 N–H and O–H groups in total. The number of aromatic nitrogens is 5. The van der Waals surface area contributed by atoms with E-state index < -0.39 is 0 Å². The van der Waals surface area contributed by atoms with E-state index in [1.165, 1.54) is 17.4 Å². The Bertz CT molecular complexity index is 1010. The number of benzene rings is 1. The summed E-state index contributed by atoms with van der Waals surface area (Å²) in [6.45, 7) is 0.247. The number of pyridine rings is 1. The first-order valence-corrected chi connectivity index (χ1v) is 8.38. The highest BCUT2D eigenvalue weighted by Crippen LogP contribution is 2.25. The van der Waals surface area contributed by atoms with Crippen molar-refractivity contribution in [1.82, 2.24) is 24.7 Å². The number of hydrogen-bond acceptors (Lipinski definition) is 6. The van der Waals surface area contributed by atoms with Gasteiger partial charge in [0.2, 0.25) is 5.82 Å². The lowest BCUT2D eigenvalue weighted by atomic mass is 10.2. The number of nitrogen functional groups attached to an aromatic ring is 1. The normalized spacial score (nSPS) is 10.9. The second-order valence-corrected chi connectivity index (χ2v) is 6.21. The van der Waals surface area contributed by atoms with Gasteiger partial charge < -0.3 is 5.73 Å². The largest absolute Gasteiger partial charge is 0.399 e. The molecule has 0 unspecified atom stereocenters. The van der Waals surface area contributed by atoms with Gasteiger partial charge >= 0.3 is 0 Å². The summed E-state index contributed by atoms with van der Waals surface area (Å²) in [5.74, 6) is 0.707. The van der Waals surface area contributed by atoms with Crippen LogP contribution in [0.1, 0.15) is 5.56 Å². The first kappa shape index (κ1) is 15.4. The van der Waals surface area contributed by atoms with Crippen molar-refractivity contribution >= 4 is 17.0 Å². The fourth-order valence-corrected chi connectivity index (χ4v) is 3.04. The van der Waals surface area contributed by atoms with Crippen molar-refractivity contribution in [2.24, 2.45) is 0 Å². The van der Waals surface area contributed by atoms with Crippen LogP contribution in [0.25, 0.3) is 22.4 Å². The predicted octanol–water partition coefficient (Wildman–Crippen LogP) is 3.23. The Morgan fingerprint density at radius 2 is 2.00 bits per heavy atom. The average Bonchev–Trinajstić information content (AvgIpc) is 3.26. The van der Waals surface area contributed by atoms with Crippen LogP contribution in [-0.4, -0.2) is 24.7 Å². The fraction of sp³-hybridized carbons (Fsp3) is 0.0588. The molecule has 0 spiro atoms. The topological polar surface area (TPSA) is 82.5 Å². The van der Waals surface area contributed by atoms with Crippen molar-refractivity contribution in [3.05, 3.63) is 65.6 Å². The van der Waals surface area contributed by atoms with Gasteiger partial charge in [-0.2, -0.15) is 0 Å². The van der Waals surface area contributed by atoms with Gasteiger partial charge in [-0.3, -0.25) is 4.98 Å². The van der Waals surface area contributed by atoms with Crippen LogP contribution in [0.15, 0.2) is 54.2 Å². The minimum Gasteiger partial charge on any atom is -0.399 e. The van der Waals surface area contributed by atoms with Crippen LogP contribution in [0, 0.1) is 5.82 Å². The summed E-state index contributed by atoms with van der Waals surface area (Å²) in [5.41, 5.74) is 7.48. The number of thiazole rings is 1. The van der Waals surface area contributed by atoms with E-state index in [0.717, 1.165) is 0 Å². The minimum atomic E-state index is -0.285. The molecule has 4 rings (SSSR count). The van der Waals surface area contributed by atoms with Crippen LogP contribution in [0.2, 0.25) is 0 Å². The maximum atomic E-state index is 14.0. The van der Waals surface area contributed by atoms with Crippen molar-refractivity contribution in [2.45, 2.75) is 6.54 Å². The number of rotatable bonds is 4. The van der Waals surface area contributed by atoms with E-state index in [0.29, 0.717) is 33.6 Å². The lowest BCUT2D eigenvalue weighted by molar-refractivity contribution is 0.587. The summed E-state index contributed by atoms with van der Waals surface area (Å²) >= 11 is 1.44. The van der Waals surface area contributed by atoms with Crippen LogP contribution >= 0.6 is 11.3 Å². The van der Waals surface area contributed by atoms with Crippen LogP contribution in [0.4, 0.5) is 10.1 Å². The maximum absolute atomic E-state index is 14.0. The first-order chi connectivity index (χ1) is 12.2. The Labute approximate surface area is 146 Å². The predicted molar refractivity (Wildman–Crippen MR) is 94.3 cm³/mol. The molecule has 3 heterocycles. The zero-order chi connectivity index (χ0) is 17.2. The van der Waals surface area contributed by atoms with Gasteiger partial charge in [-0.15, -0.1) is 16.4 Å². The van der Waals surface area contributed by atoms with Gasteiger partial charge in [0.1, 0.15) is 11.5 Å². The maximum Gasteiger partial charge on any atom is 0.200 e. The Morgan fingerprint density at radius 1 is 1.12 bits per heavy atom. The quantitative estimate of drug-likeness (QED) is 0.610. The molecule has 6 nitrogen and oxygen atoms in total. The van der Waals surface area contributed by atoms with Gasteiger partial charge in [0.25, 0.3) is 0 Å². The van der Waals surface area contributed by atoms with E-state index in [1.54, 1.807) is 47.4 Å². The molecular weight excluding hydrogens is 339 g/mol. The van der Waals surface area contributed by atoms with Gasteiger partial charge in [0, 0.05) is 29.0 Å². The van der Waals surface area contributed by atoms with Crippen molar-refractivity contribution in [3.63, 3.8) is 0 Å². The van der Waals surface area contributed by atoms with Crippen LogP contribution in [0.3, 0.4) is 0 Å². The van der Waals surface area contributed by atoms with Crippen LogP contribution in [-0.2, 0) is 6.54 Å². The first-order valence-electron chi connectivity index (χ1n) is 7.51. The van der Waals surface area contributed by atoms with Crippen molar-refractivity contribution in [3.8, 4) is 22.4 Å². The molecule has 0 radical (unpaired) electrons. The molecule has 0 bridgehead atoms. The third-order valence-electron chi connectivity index (χ3n) is 3.59. The molecule has 0 aliphatic carbocycles. The summed E-state index contributed by atoms with van der Waals surface area (Å²) in [7, 11) is 0. The third-order valence-corrected chi connectivity index (χ3v) is 4.36. The highest BCUT2D eigenvalue weighted by molar-refractivity contribution is 7.13. The number of halogens is 1. The standard InChI is InChI=1S/C17H13FN6S/c18-13-4-2-1-3-11(13)10-24-16(17-21-7-8-25-17)22-15(23-24)14-9-12(19)5-6-20-14/h1-9H,10H2,(H2,19,20). The molecule has 0 saturated heterocycles. The second-order valence-electron chi connectivity index (χ2n) is 5.32. The van der Waals surface area contributed by atoms with Gasteiger partial charge in [-0.05, 0) is 18.2 Å². The SMILES string of the molecule is Nc1ccnc(-c2nc(-c3nccs3)n(Cc3ccccc3F)n2)c1. The smallest absolute Gasteiger partial charge is 0.200 e. The molecule has 0 amide bonds. The van der Waals surface area contributed by atoms with Gasteiger partial charge in [0.15, 0.2) is 10.8 Å². The van der Waals surface area contributed by atoms with Crippen molar-refractivity contribution in [2.75, 3.05) is 5.73 Å². The van der Waals surface area contributed by atoms with E-state index >= 15 is 0 Å². The highest BCUT2D eigenvalue weighted by Gasteiger charge is 2.17. The Balaban J connectivity index is 1.80. The number of nitrogens with zero attached hydrogens (tertiary/aromatic N) is 5. The Morgan fingerprint density at radius 3 is 2.76 bits per heavy atom. The lowest BCUT2D eigenvalue weighted by Gasteiger charge is -2.05. The molecule has 124 valence electrons. The third kappa shape index (κ3) is 3.11. The molecule has 4 aromatic rings. The lowest BCUT2D eigenvalue weighted by Crippen LogP contribution is -2.06. The van der Waals surface area contributed by atoms with Gasteiger partial charge in [0.05, 0.1) is 6.54 Å². The van der Waals surface area contributed by atoms with Gasteiger partial charge in [-0.25, -0.2) is 19.0 Å². The van der Waals surface area contributed by atoms with Crippen molar-refractivity contribution in [1.29, 1.82) is 0 Å². The zero-order valence-corrected chi connectivity index (χ0v) is 13.8. The summed E-state index contributed by atoms with van der Waals surface area (Å²) in [4.78, 5) is 13.1. The van der Waals surface area contributed by atoms with Gasteiger partial charge in [-0.1, -0.05) is 18.2 Å². The number of anilines is 1. The number of hydrogen-bond donors (Lipinski definition) is 1. The molecule has 0 aliphatic heterocycles. The molecule has 8 heteroatoms. The Hall–Kier alpha value is -3.13. The van der Waals surface area contributed by atoms with E-state index in [1.807, 2.05) is 5.38 Å². The Kier molecular flexibility index (Phi) is 3.95. The van der Waals surface area contributed by atoms with E-state index in [4.69, 9.17) is 5.73 Å². The summed E-state index contributed by atoms with van der Waals surface area (Å²) in [6, 6.07) is 10.00. The molecule has 0 atom stereocenters. The van der Waals surface area contributed by atoms with E-state index in [2.05, 4.69) is 20.1 Å². The molecule has 0 aliphatic rings. The van der Waals surface area contributed by atoms with Crippen LogP contribution in [0.5, 0.6) is 0 Å². The van der Waals surface area contributed by atoms with E-state index in [9.17, 15) is 4.39 Å². The second kappa shape index (κ2) is 6.40. The van der Waals surface area contributed by atoms with Crippen LogP contribution < -0.4 is 5.73 Å². The average molecular weight is 352 g/mol. The van der Waals surface area contributed by atoms with Crippen molar-refractivity contribution < 1.29 is 4.39 Å². The minimum absolute atomic E-state index is 0.247. The molecule has 25 heavy (non-hydrogen) atoms. The molecular formula is C17H13FN6S. The summed E-state index contributed by atoms with van der Waals surface area (Å²) < 4.78 is 15.7. The molecule has 3 aromatic heterocycles. The van der Waals surface area contributed by atoms with E-state index in [-0.39, 0.29) is 12.4 Å². The zero-order valence-electron chi connectivity index (χ0n) is 13.0. The highest BCUT2D eigenvalue weighted by atomic mass is 32.1. The number of nitrogens with two attached hydrogens (primary N) is 1. The molecule has 1 aromatic carbocycles. The monoisotopic (exact) mass is 352 g/mol. The molecule has 0 fully saturated rings. The fourth-order valence-electron chi connectivity index (χ4n) is 2.41.